The van der Waals surface area contributed by atoms with Crippen LogP contribution in [0.2, 0.25) is 0 Å². The number of halogens is 2. The van der Waals surface area contributed by atoms with Gasteiger partial charge in [0.25, 0.3) is 0 Å². The lowest BCUT2D eigenvalue weighted by Gasteiger charge is -2.16. The molecule has 0 N–H and O–H groups in total. The van der Waals surface area contributed by atoms with E-state index in [9.17, 15) is 4.39 Å². The van der Waals surface area contributed by atoms with Crippen molar-refractivity contribution in [2.75, 3.05) is 24.8 Å². The molecule has 0 amide bonds. The lowest BCUT2D eigenvalue weighted by Crippen LogP contribution is -2.11. The second-order valence-electron chi connectivity index (χ2n) is 3.03. The average Bonchev–Trinajstić information content (AvgIpc) is 2.26. The van der Waals surface area contributed by atoms with E-state index in [1.807, 2.05) is 6.07 Å². The van der Waals surface area contributed by atoms with Crippen molar-refractivity contribution in [2.45, 2.75) is 6.10 Å². The highest BCUT2D eigenvalue weighted by molar-refractivity contribution is 14.1. The van der Waals surface area contributed by atoms with Crippen LogP contribution in [0.1, 0.15) is 11.7 Å². The summed E-state index contributed by atoms with van der Waals surface area (Å²) < 4.78 is 24.6. The molecular formula is C11H14FIO2. The highest BCUT2D eigenvalue weighted by atomic mass is 127. The molecule has 0 heterocycles. The van der Waals surface area contributed by atoms with Gasteiger partial charge < -0.3 is 9.47 Å². The Kier molecular flexibility index (Phi) is 6.12. The number of benzene rings is 1. The van der Waals surface area contributed by atoms with E-state index in [2.05, 4.69) is 22.6 Å². The number of hydrogen-bond acceptors (Lipinski definition) is 2. The van der Waals surface area contributed by atoms with Crippen molar-refractivity contribution >= 4 is 22.6 Å². The van der Waals surface area contributed by atoms with Gasteiger partial charge in [0.05, 0.1) is 19.3 Å². The van der Waals surface area contributed by atoms with Crippen molar-refractivity contribution < 1.29 is 13.9 Å². The van der Waals surface area contributed by atoms with Gasteiger partial charge in [-0.15, -0.1) is 0 Å². The summed E-state index contributed by atoms with van der Waals surface area (Å²) in [7, 11) is 1.62. The summed E-state index contributed by atoms with van der Waals surface area (Å²) >= 11 is 2.19. The maximum atomic E-state index is 13.4. The molecule has 0 saturated heterocycles. The Bertz CT molecular complexity index is 294. The molecule has 1 aromatic rings. The Morgan fingerprint density at radius 3 is 2.67 bits per heavy atom. The molecular weight excluding hydrogens is 310 g/mol. The van der Waals surface area contributed by atoms with Crippen LogP contribution in [-0.4, -0.2) is 24.8 Å². The van der Waals surface area contributed by atoms with Crippen LogP contribution >= 0.6 is 22.6 Å². The van der Waals surface area contributed by atoms with Gasteiger partial charge in [-0.1, -0.05) is 40.8 Å². The van der Waals surface area contributed by atoms with Gasteiger partial charge in [-0.2, -0.15) is 0 Å². The Morgan fingerprint density at radius 2 is 2.07 bits per heavy atom. The lowest BCUT2D eigenvalue weighted by molar-refractivity contribution is 0.0277. The Balaban J connectivity index is 2.61. The zero-order chi connectivity index (χ0) is 11.1. The molecule has 1 unspecified atom stereocenters. The first-order valence-corrected chi connectivity index (χ1v) is 6.23. The minimum atomic E-state index is -0.211. The van der Waals surface area contributed by atoms with Gasteiger partial charge in [-0.05, 0) is 6.07 Å². The molecule has 0 radical (unpaired) electrons. The van der Waals surface area contributed by atoms with E-state index >= 15 is 0 Å². The van der Waals surface area contributed by atoms with Crippen LogP contribution in [-0.2, 0) is 9.47 Å². The summed E-state index contributed by atoms with van der Waals surface area (Å²) in [5.41, 5.74) is 0.614. The first-order chi connectivity index (χ1) is 7.29. The molecule has 15 heavy (non-hydrogen) atoms. The summed E-state index contributed by atoms with van der Waals surface area (Å²) in [4.78, 5) is 0. The largest absolute Gasteiger partial charge is 0.382 e. The van der Waals surface area contributed by atoms with Crippen molar-refractivity contribution in [1.29, 1.82) is 0 Å². The SMILES string of the molecule is COCCOC(CI)c1ccccc1F. The molecule has 1 rings (SSSR count). The molecule has 0 aromatic heterocycles. The van der Waals surface area contributed by atoms with Crippen LogP contribution in [0, 0.1) is 5.82 Å². The fourth-order valence-corrected chi connectivity index (χ4v) is 1.96. The number of alkyl halides is 1. The monoisotopic (exact) mass is 324 g/mol. The summed E-state index contributed by atoms with van der Waals surface area (Å²) in [5, 5.41) is 0. The van der Waals surface area contributed by atoms with Crippen molar-refractivity contribution in [3.05, 3.63) is 35.6 Å². The van der Waals surface area contributed by atoms with Crippen molar-refractivity contribution in [2.24, 2.45) is 0 Å². The lowest BCUT2D eigenvalue weighted by atomic mass is 10.1. The molecule has 0 aliphatic carbocycles. The van der Waals surface area contributed by atoms with Gasteiger partial charge in [0, 0.05) is 17.1 Å². The van der Waals surface area contributed by atoms with E-state index in [1.165, 1.54) is 6.07 Å². The third-order valence-corrected chi connectivity index (χ3v) is 2.80. The molecule has 1 atom stereocenters. The molecule has 0 aliphatic heterocycles. The van der Waals surface area contributed by atoms with Crippen molar-refractivity contribution in [3.63, 3.8) is 0 Å². The van der Waals surface area contributed by atoms with E-state index in [4.69, 9.17) is 9.47 Å². The minimum Gasteiger partial charge on any atom is -0.382 e. The average molecular weight is 324 g/mol. The molecule has 4 heteroatoms. The Labute approximate surface area is 103 Å². The predicted molar refractivity (Wildman–Crippen MR) is 65.9 cm³/mol. The van der Waals surface area contributed by atoms with Gasteiger partial charge in [-0.3, -0.25) is 0 Å². The van der Waals surface area contributed by atoms with E-state index in [-0.39, 0.29) is 11.9 Å². The first-order valence-electron chi connectivity index (χ1n) is 4.70. The summed E-state index contributed by atoms with van der Waals surface area (Å²) in [6.07, 6.45) is -0.193. The quantitative estimate of drug-likeness (QED) is 0.455. The fraction of sp³-hybridized carbons (Fsp3) is 0.455. The molecule has 84 valence electrons. The van der Waals surface area contributed by atoms with Crippen LogP contribution in [0.25, 0.3) is 0 Å². The van der Waals surface area contributed by atoms with Crippen LogP contribution < -0.4 is 0 Å². The summed E-state index contributed by atoms with van der Waals surface area (Å²) in [6.45, 7) is 1.01. The van der Waals surface area contributed by atoms with Crippen molar-refractivity contribution in [1.82, 2.24) is 0 Å². The molecule has 0 saturated carbocycles. The van der Waals surface area contributed by atoms with Crippen LogP contribution in [0.15, 0.2) is 24.3 Å². The van der Waals surface area contributed by atoms with Crippen LogP contribution in [0.5, 0.6) is 0 Å². The Hall–Kier alpha value is -0.200. The highest BCUT2D eigenvalue weighted by Gasteiger charge is 2.14. The third-order valence-electron chi connectivity index (χ3n) is 2.00. The van der Waals surface area contributed by atoms with E-state index < -0.39 is 0 Å². The highest BCUT2D eigenvalue weighted by Crippen LogP contribution is 2.22. The summed E-state index contributed by atoms with van der Waals surface area (Å²) in [6, 6.07) is 6.70. The number of hydrogen-bond donors (Lipinski definition) is 0. The smallest absolute Gasteiger partial charge is 0.129 e. The van der Waals surface area contributed by atoms with E-state index in [0.29, 0.717) is 18.8 Å². The van der Waals surface area contributed by atoms with E-state index in [1.54, 1.807) is 19.2 Å². The predicted octanol–water partition coefficient (Wildman–Crippen LogP) is 2.96. The van der Waals surface area contributed by atoms with Crippen LogP contribution in [0.3, 0.4) is 0 Å². The normalized spacial score (nSPS) is 12.7. The number of methoxy groups -OCH3 is 1. The standard InChI is InChI=1S/C11H14FIO2/c1-14-6-7-15-11(8-13)9-4-2-3-5-10(9)12/h2-5,11H,6-8H2,1H3. The van der Waals surface area contributed by atoms with Gasteiger partial charge in [0.2, 0.25) is 0 Å². The second-order valence-corrected chi connectivity index (χ2v) is 3.91. The first kappa shape index (κ1) is 12.9. The molecule has 0 spiro atoms. The number of ether oxygens (including phenoxy) is 2. The van der Waals surface area contributed by atoms with Gasteiger partial charge in [0.1, 0.15) is 5.82 Å². The fourth-order valence-electron chi connectivity index (χ4n) is 1.23. The van der Waals surface area contributed by atoms with Crippen LogP contribution in [0.4, 0.5) is 4.39 Å². The number of rotatable bonds is 6. The molecule has 0 fully saturated rings. The molecule has 2 nitrogen and oxygen atoms in total. The van der Waals surface area contributed by atoms with Crippen molar-refractivity contribution in [3.8, 4) is 0 Å². The van der Waals surface area contributed by atoms with E-state index in [0.717, 1.165) is 4.43 Å². The maximum Gasteiger partial charge on any atom is 0.129 e. The Morgan fingerprint density at radius 1 is 1.33 bits per heavy atom. The zero-order valence-electron chi connectivity index (χ0n) is 8.58. The maximum absolute atomic E-state index is 13.4. The molecule has 1 aromatic carbocycles. The molecule has 0 bridgehead atoms. The molecule has 0 aliphatic rings. The van der Waals surface area contributed by atoms with Gasteiger partial charge in [-0.25, -0.2) is 4.39 Å². The van der Waals surface area contributed by atoms with Gasteiger partial charge >= 0.3 is 0 Å². The topological polar surface area (TPSA) is 18.5 Å². The third kappa shape index (κ3) is 4.04. The van der Waals surface area contributed by atoms with Gasteiger partial charge in [0.15, 0.2) is 0 Å². The summed E-state index contributed by atoms with van der Waals surface area (Å²) in [5.74, 6) is -0.211. The minimum absolute atomic E-state index is 0.193. The zero-order valence-corrected chi connectivity index (χ0v) is 10.7. The second kappa shape index (κ2) is 7.14.